The van der Waals surface area contributed by atoms with Gasteiger partial charge in [0.1, 0.15) is 5.75 Å². The first-order valence-corrected chi connectivity index (χ1v) is 12.3. The Kier molecular flexibility index (Phi) is 8.24. The number of rotatable bonds is 8. The van der Waals surface area contributed by atoms with Crippen LogP contribution < -0.4 is 15.4 Å². The van der Waals surface area contributed by atoms with Gasteiger partial charge in [-0.3, -0.25) is 14.1 Å². The van der Waals surface area contributed by atoms with E-state index in [2.05, 4.69) is 10.6 Å². The number of hydrogen-bond acceptors (Lipinski definition) is 6. The third-order valence-corrected chi connectivity index (χ3v) is 6.23. The van der Waals surface area contributed by atoms with Crippen LogP contribution in [0.3, 0.4) is 0 Å². The molecule has 10 nitrogen and oxygen atoms in total. The lowest BCUT2D eigenvalue weighted by Crippen LogP contribution is -2.34. The summed E-state index contributed by atoms with van der Waals surface area (Å²) in [5.41, 5.74) is 1.33. The minimum absolute atomic E-state index is 0.0349. The van der Waals surface area contributed by atoms with Gasteiger partial charge in [0.2, 0.25) is 5.91 Å². The van der Waals surface area contributed by atoms with Crippen LogP contribution in [-0.4, -0.2) is 67.7 Å². The third kappa shape index (κ3) is 7.29. The molecule has 1 saturated heterocycles. The smallest absolute Gasteiger partial charge is 0.410 e. The second-order valence-electron chi connectivity index (χ2n) is 8.05. The van der Waals surface area contributed by atoms with E-state index in [9.17, 15) is 22.8 Å². The predicted octanol–water partition coefficient (Wildman–Crippen LogP) is 1.65. The quantitative estimate of drug-likeness (QED) is 0.479. The van der Waals surface area contributed by atoms with Crippen LogP contribution in [0.4, 0.5) is 4.79 Å². The average molecular weight is 490 g/mol. The molecule has 3 N–H and O–H groups in total. The topological polar surface area (TPSA) is 142 Å². The summed E-state index contributed by atoms with van der Waals surface area (Å²) in [5, 5.41) is 5.21. The van der Waals surface area contributed by atoms with Crippen LogP contribution in [0.1, 0.15) is 28.8 Å². The van der Waals surface area contributed by atoms with Gasteiger partial charge in [0, 0.05) is 50.5 Å². The van der Waals surface area contributed by atoms with Crippen LogP contribution in [0.15, 0.2) is 54.6 Å². The second-order valence-corrected chi connectivity index (χ2v) is 9.63. The van der Waals surface area contributed by atoms with Gasteiger partial charge in [0.15, 0.2) is 0 Å². The Bertz CT molecular complexity index is 1120. The Morgan fingerprint density at radius 1 is 1.03 bits per heavy atom. The Labute approximate surface area is 198 Å². The average Bonchev–Trinajstić information content (AvgIpc) is 3.22. The Balaban J connectivity index is 1.60. The van der Waals surface area contributed by atoms with Crippen LogP contribution in [0.2, 0.25) is 0 Å². The van der Waals surface area contributed by atoms with Crippen molar-refractivity contribution in [1.82, 2.24) is 15.5 Å². The summed E-state index contributed by atoms with van der Waals surface area (Å²) in [4.78, 5) is 37.8. The van der Waals surface area contributed by atoms with Crippen molar-refractivity contribution in [2.75, 3.05) is 31.9 Å². The molecule has 1 aliphatic heterocycles. The van der Waals surface area contributed by atoms with E-state index in [1.165, 1.54) is 31.2 Å². The molecule has 2 aromatic rings. The van der Waals surface area contributed by atoms with Crippen LogP contribution in [0, 0.1) is 5.92 Å². The standard InChI is InChI=1S/C23H27N3O7S/c1-16(27)25-13-19-14-26(15-21(19)17-5-3-2-4-6-17)23(29)33-20-9-7-18(8-10-20)22(28)24-11-12-34(30,31)32/h2-10,19,21H,11-15H2,1H3,(H,24,28)(H,25,27)(H,30,31,32)/t19-,21+/m0/s1. The highest BCUT2D eigenvalue weighted by molar-refractivity contribution is 7.85. The van der Waals surface area contributed by atoms with Crippen LogP contribution in [0.5, 0.6) is 5.75 Å². The summed E-state index contributed by atoms with van der Waals surface area (Å²) in [5.74, 6) is -0.900. The van der Waals surface area contributed by atoms with Crippen LogP contribution in [-0.2, 0) is 14.9 Å². The van der Waals surface area contributed by atoms with Crippen molar-refractivity contribution < 1.29 is 32.1 Å². The maximum Gasteiger partial charge on any atom is 0.415 e. The fourth-order valence-electron chi connectivity index (χ4n) is 3.82. The maximum atomic E-state index is 12.8. The lowest BCUT2D eigenvalue weighted by molar-refractivity contribution is -0.119. The molecule has 2 aromatic carbocycles. The summed E-state index contributed by atoms with van der Waals surface area (Å²) in [7, 11) is -4.16. The van der Waals surface area contributed by atoms with E-state index in [0.717, 1.165) is 5.56 Å². The van der Waals surface area contributed by atoms with Crippen molar-refractivity contribution >= 4 is 28.0 Å². The van der Waals surface area contributed by atoms with Crippen LogP contribution in [0.25, 0.3) is 0 Å². The molecule has 0 unspecified atom stereocenters. The molecule has 2 atom stereocenters. The number of ether oxygens (including phenoxy) is 1. The molecule has 11 heteroatoms. The van der Waals surface area contributed by atoms with Gasteiger partial charge >= 0.3 is 6.09 Å². The molecule has 3 rings (SSSR count). The molecule has 34 heavy (non-hydrogen) atoms. The number of carbonyl (C=O) groups is 3. The molecule has 0 radical (unpaired) electrons. The van der Waals surface area contributed by atoms with Crippen molar-refractivity contribution in [3.63, 3.8) is 0 Å². The zero-order chi connectivity index (χ0) is 24.7. The minimum atomic E-state index is -4.16. The van der Waals surface area contributed by atoms with E-state index < -0.39 is 27.9 Å². The highest BCUT2D eigenvalue weighted by Gasteiger charge is 2.37. The van der Waals surface area contributed by atoms with Crippen molar-refractivity contribution in [3.8, 4) is 5.75 Å². The van der Waals surface area contributed by atoms with Crippen molar-refractivity contribution in [2.45, 2.75) is 12.8 Å². The largest absolute Gasteiger partial charge is 0.415 e. The SMILES string of the molecule is CC(=O)NC[C@H]1CN(C(=O)Oc2ccc(C(=O)NCCS(=O)(=O)O)cc2)C[C@@H]1c1ccccc1. The molecular formula is C23H27N3O7S. The minimum Gasteiger partial charge on any atom is -0.410 e. The third-order valence-electron chi connectivity index (χ3n) is 5.51. The van der Waals surface area contributed by atoms with Gasteiger partial charge in [-0.15, -0.1) is 0 Å². The Morgan fingerprint density at radius 2 is 1.71 bits per heavy atom. The van der Waals surface area contributed by atoms with Gasteiger partial charge in [0.05, 0.1) is 5.75 Å². The van der Waals surface area contributed by atoms with Crippen LogP contribution >= 0.6 is 0 Å². The highest BCUT2D eigenvalue weighted by Crippen LogP contribution is 2.33. The first-order chi connectivity index (χ1) is 16.1. The molecule has 0 aliphatic carbocycles. The summed E-state index contributed by atoms with van der Waals surface area (Å²) >= 11 is 0. The molecule has 0 spiro atoms. The Hall–Kier alpha value is -3.44. The predicted molar refractivity (Wildman–Crippen MR) is 124 cm³/mol. The van der Waals surface area contributed by atoms with Gasteiger partial charge in [-0.1, -0.05) is 30.3 Å². The number of benzene rings is 2. The lowest BCUT2D eigenvalue weighted by Gasteiger charge is -2.18. The molecule has 1 heterocycles. The summed E-state index contributed by atoms with van der Waals surface area (Å²) in [6, 6.07) is 15.6. The zero-order valence-electron chi connectivity index (χ0n) is 18.6. The fraction of sp³-hybridized carbons (Fsp3) is 0.348. The van der Waals surface area contributed by atoms with Gasteiger partial charge in [-0.05, 0) is 29.8 Å². The highest BCUT2D eigenvalue weighted by atomic mass is 32.2. The maximum absolute atomic E-state index is 12.8. The van der Waals surface area contributed by atoms with Gasteiger partial charge < -0.3 is 20.3 Å². The monoisotopic (exact) mass is 489 g/mol. The number of hydrogen-bond donors (Lipinski definition) is 3. The molecule has 1 aliphatic rings. The van der Waals surface area contributed by atoms with Gasteiger partial charge in [-0.25, -0.2) is 4.79 Å². The van der Waals surface area contributed by atoms with E-state index >= 15 is 0 Å². The van der Waals surface area contributed by atoms with Gasteiger partial charge in [-0.2, -0.15) is 8.42 Å². The van der Waals surface area contributed by atoms with E-state index in [4.69, 9.17) is 9.29 Å². The number of carbonyl (C=O) groups excluding carboxylic acids is 3. The molecular weight excluding hydrogens is 462 g/mol. The molecule has 0 bridgehead atoms. The van der Waals surface area contributed by atoms with E-state index in [1.54, 1.807) is 4.90 Å². The molecule has 1 fully saturated rings. The van der Waals surface area contributed by atoms with Gasteiger partial charge in [0.25, 0.3) is 16.0 Å². The number of likely N-dealkylation sites (tertiary alicyclic amines) is 1. The first-order valence-electron chi connectivity index (χ1n) is 10.7. The molecule has 3 amide bonds. The fourth-order valence-corrected chi connectivity index (χ4v) is 4.18. The number of amides is 3. The normalized spacial score (nSPS) is 17.8. The van der Waals surface area contributed by atoms with E-state index in [-0.39, 0.29) is 35.6 Å². The lowest BCUT2D eigenvalue weighted by atomic mass is 9.89. The molecule has 0 aromatic heterocycles. The van der Waals surface area contributed by atoms with E-state index in [0.29, 0.717) is 19.6 Å². The van der Waals surface area contributed by atoms with E-state index in [1.807, 2.05) is 30.3 Å². The van der Waals surface area contributed by atoms with Crippen molar-refractivity contribution in [2.24, 2.45) is 5.92 Å². The summed E-state index contributed by atoms with van der Waals surface area (Å²) in [6.07, 6.45) is -0.531. The zero-order valence-corrected chi connectivity index (χ0v) is 19.5. The molecule has 0 saturated carbocycles. The number of nitrogens with one attached hydrogen (secondary N) is 2. The second kappa shape index (κ2) is 11.1. The van der Waals surface area contributed by atoms with Crippen molar-refractivity contribution in [1.29, 1.82) is 0 Å². The number of nitrogens with zero attached hydrogens (tertiary/aromatic N) is 1. The summed E-state index contributed by atoms with van der Waals surface area (Å²) in [6.45, 7) is 2.54. The first kappa shape index (κ1) is 25.2. The summed E-state index contributed by atoms with van der Waals surface area (Å²) < 4.78 is 35.6. The van der Waals surface area contributed by atoms with Crippen molar-refractivity contribution in [3.05, 3.63) is 65.7 Å². The molecule has 182 valence electrons. The Morgan fingerprint density at radius 3 is 2.32 bits per heavy atom.